The van der Waals surface area contributed by atoms with Crippen molar-refractivity contribution in [2.24, 2.45) is 0 Å². The van der Waals surface area contributed by atoms with Gasteiger partial charge in [0.15, 0.2) is 9.84 Å². The quantitative estimate of drug-likeness (QED) is 0.815. The first-order valence-corrected chi connectivity index (χ1v) is 9.56. The Morgan fingerprint density at radius 3 is 2.62 bits per heavy atom. The van der Waals surface area contributed by atoms with Crippen LogP contribution in [0.2, 0.25) is 5.02 Å². The Balaban J connectivity index is 2.03. The maximum absolute atomic E-state index is 12.2. The van der Waals surface area contributed by atoms with Crippen LogP contribution in [-0.4, -0.2) is 26.7 Å². The minimum Gasteiger partial charge on any atom is -0.492 e. The number of anilines is 1. The van der Waals surface area contributed by atoms with Crippen molar-refractivity contribution in [1.82, 2.24) is 0 Å². The Kier molecular flexibility index (Phi) is 6.23. The SMILES string of the molecule is CCOc1ccccc1NC(=O)CS(=O)(=O)Cc1cccc(Cl)c1. The third-order valence-corrected chi connectivity index (χ3v) is 4.80. The van der Waals surface area contributed by atoms with E-state index in [4.69, 9.17) is 16.3 Å². The minimum atomic E-state index is -3.61. The van der Waals surface area contributed by atoms with Gasteiger partial charge < -0.3 is 10.1 Å². The van der Waals surface area contributed by atoms with Crippen LogP contribution >= 0.6 is 11.6 Å². The van der Waals surface area contributed by atoms with Gasteiger partial charge in [-0.2, -0.15) is 0 Å². The van der Waals surface area contributed by atoms with E-state index < -0.39 is 21.5 Å². The number of hydrogen-bond acceptors (Lipinski definition) is 4. The van der Waals surface area contributed by atoms with Crippen LogP contribution in [0, 0.1) is 0 Å². The molecule has 0 radical (unpaired) electrons. The number of amides is 1. The number of para-hydroxylation sites is 2. The standard InChI is InChI=1S/C17H18ClNO4S/c1-2-23-16-9-4-3-8-15(16)19-17(20)12-24(21,22)11-13-6-5-7-14(18)10-13/h3-10H,2,11-12H2,1H3,(H,19,20). The second kappa shape index (κ2) is 8.17. The third-order valence-electron chi connectivity index (χ3n) is 3.09. The van der Waals surface area contributed by atoms with Crippen molar-refractivity contribution in [2.75, 3.05) is 17.7 Å². The number of carbonyl (C=O) groups excluding carboxylic acids is 1. The van der Waals surface area contributed by atoms with Gasteiger partial charge in [0.2, 0.25) is 5.91 Å². The monoisotopic (exact) mass is 367 g/mol. The van der Waals surface area contributed by atoms with Crippen LogP contribution in [0.15, 0.2) is 48.5 Å². The summed E-state index contributed by atoms with van der Waals surface area (Å²) in [6.07, 6.45) is 0. The third kappa shape index (κ3) is 5.54. The van der Waals surface area contributed by atoms with Crippen molar-refractivity contribution in [1.29, 1.82) is 0 Å². The number of halogens is 1. The Morgan fingerprint density at radius 1 is 1.17 bits per heavy atom. The van der Waals surface area contributed by atoms with E-state index in [9.17, 15) is 13.2 Å². The number of benzene rings is 2. The summed E-state index contributed by atoms with van der Waals surface area (Å²) >= 11 is 5.85. The highest BCUT2D eigenvalue weighted by Gasteiger charge is 2.18. The molecular weight excluding hydrogens is 350 g/mol. The molecule has 0 aliphatic heterocycles. The lowest BCUT2D eigenvalue weighted by Gasteiger charge is -2.11. The first-order chi connectivity index (χ1) is 11.4. The lowest BCUT2D eigenvalue weighted by atomic mass is 10.2. The summed E-state index contributed by atoms with van der Waals surface area (Å²) in [4.78, 5) is 12.1. The fraction of sp³-hybridized carbons (Fsp3) is 0.235. The molecule has 0 heterocycles. The average molecular weight is 368 g/mol. The molecule has 0 unspecified atom stereocenters. The van der Waals surface area contributed by atoms with Gasteiger partial charge in [-0.1, -0.05) is 35.9 Å². The Hall–Kier alpha value is -2.05. The number of nitrogens with one attached hydrogen (secondary N) is 1. The van der Waals surface area contributed by atoms with Crippen molar-refractivity contribution < 1.29 is 17.9 Å². The maximum Gasteiger partial charge on any atom is 0.239 e. The van der Waals surface area contributed by atoms with E-state index in [1.165, 1.54) is 0 Å². The van der Waals surface area contributed by atoms with Crippen molar-refractivity contribution in [3.8, 4) is 5.75 Å². The smallest absolute Gasteiger partial charge is 0.239 e. The van der Waals surface area contributed by atoms with Crippen LogP contribution in [0.25, 0.3) is 0 Å². The maximum atomic E-state index is 12.2. The van der Waals surface area contributed by atoms with E-state index >= 15 is 0 Å². The molecule has 1 amide bonds. The summed E-state index contributed by atoms with van der Waals surface area (Å²) in [5, 5.41) is 3.04. The van der Waals surface area contributed by atoms with Gasteiger partial charge in [-0.15, -0.1) is 0 Å². The molecule has 2 aromatic carbocycles. The van der Waals surface area contributed by atoms with Gasteiger partial charge in [-0.3, -0.25) is 4.79 Å². The van der Waals surface area contributed by atoms with Gasteiger partial charge in [0, 0.05) is 5.02 Å². The highest BCUT2D eigenvalue weighted by atomic mass is 35.5. The zero-order chi connectivity index (χ0) is 17.6. The molecule has 5 nitrogen and oxygen atoms in total. The van der Waals surface area contributed by atoms with Crippen molar-refractivity contribution >= 4 is 33.0 Å². The first kappa shape index (κ1) is 18.3. The molecule has 1 N–H and O–H groups in total. The molecule has 24 heavy (non-hydrogen) atoms. The number of rotatable bonds is 7. The zero-order valence-corrected chi connectivity index (χ0v) is 14.7. The predicted octanol–water partition coefficient (Wildman–Crippen LogP) is 3.29. The van der Waals surface area contributed by atoms with Crippen molar-refractivity contribution in [2.45, 2.75) is 12.7 Å². The van der Waals surface area contributed by atoms with Crippen LogP contribution in [0.1, 0.15) is 12.5 Å². The molecule has 0 aliphatic carbocycles. The van der Waals surface area contributed by atoms with Gasteiger partial charge in [0.1, 0.15) is 11.5 Å². The molecule has 0 bridgehead atoms. The van der Waals surface area contributed by atoms with Crippen LogP contribution in [-0.2, 0) is 20.4 Å². The topological polar surface area (TPSA) is 72.5 Å². The molecule has 0 saturated carbocycles. The van der Waals surface area contributed by atoms with Crippen molar-refractivity contribution in [3.05, 3.63) is 59.1 Å². The summed E-state index contributed by atoms with van der Waals surface area (Å²) in [5.74, 6) is -0.960. The van der Waals surface area contributed by atoms with Crippen LogP contribution in [0.3, 0.4) is 0 Å². The normalized spacial score (nSPS) is 11.1. The molecule has 2 aromatic rings. The van der Waals surface area contributed by atoms with E-state index in [0.717, 1.165) is 0 Å². The summed E-state index contributed by atoms with van der Waals surface area (Å²) in [6, 6.07) is 13.4. The summed E-state index contributed by atoms with van der Waals surface area (Å²) in [7, 11) is -3.61. The van der Waals surface area contributed by atoms with Crippen LogP contribution in [0.4, 0.5) is 5.69 Å². The number of ether oxygens (including phenoxy) is 1. The van der Waals surface area contributed by atoms with Gasteiger partial charge >= 0.3 is 0 Å². The summed E-state index contributed by atoms with van der Waals surface area (Å²) < 4.78 is 29.8. The molecule has 7 heteroatoms. The average Bonchev–Trinajstić information content (AvgIpc) is 2.48. The second-order valence-corrected chi connectivity index (χ2v) is 7.64. The summed E-state index contributed by atoms with van der Waals surface area (Å²) in [6.45, 7) is 2.27. The van der Waals surface area contributed by atoms with Gasteiger partial charge in [0.05, 0.1) is 18.0 Å². The molecule has 0 aliphatic rings. The fourth-order valence-electron chi connectivity index (χ4n) is 2.17. The fourth-order valence-corrected chi connectivity index (χ4v) is 3.64. The molecule has 0 atom stereocenters. The van der Waals surface area contributed by atoms with E-state index in [1.807, 2.05) is 6.92 Å². The lowest BCUT2D eigenvalue weighted by Crippen LogP contribution is -2.24. The highest BCUT2D eigenvalue weighted by Crippen LogP contribution is 2.23. The van der Waals surface area contributed by atoms with Gasteiger partial charge in [0.25, 0.3) is 0 Å². The van der Waals surface area contributed by atoms with E-state index in [2.05, 4.69) is 5.32 Å². The zero-order valence-electron chi connectivity index (χ0n) is 13.2. The largest absolute Gasteiger partial charge is 0.492 e. The predicted molar refractivity (Wildman–Crippen MR) is 95.2 cm³/mol. The van der Waals surface area contributed by atoms with Crippen molar-refractivity contribution in [3.63, 3.8) is 0 Å². The van der Waals surface area contributed by atoms with Crippen LogP contribution in [0.5, 0.6) is 5.75 Å². The number of sulfone groups is 1. The summed E-state index contributed by atoms with van der Waals surface area (Å²) in [5.41, 5.74) is 0.993. The van der Waals surface area contributed by atoms with E-state index in [1.54, 1.807) is 48.5 Å². The number of hydrogen-bond donors (Lipinski definition) is 1. The molecule has 0 fully saturated rings. The second-order valence-electron chi connectivity index (χ2n) is 5.14. The minimum absolute atomic E-state index is 0.242. The van der Waals surface area contributed by atoms with E-state index in [0.29, 0.717) is 28.6 Å². The molecule has 0 saturated heterocycles. The molecule has 0 spiro atoms. The molecule has 128 valence electrons. The van der Waals surface area contributed by atoms with E-state index in [-0.39, 0.29) is 5.75 Å². The molecule has 2 rings (SSSR count). The van der Waals surface area contributed by atoms with Gasteiger partial charge in [-0.05, 0) is 36.8 Å². The van der Waals surface area contributed by atoms with Gasteiger partial charge in [-0.25, -0.2) is 8.42 Å². The Bertz CT molecular complexity index is 821. The molecule has 0 aromatic heterocycles. The number of carbonyl (C=O) groups is 1. The highest BCUT2D eigenvalue weighted by molar-refractivity contribution is 7.91. The van der Waals surface area contributed by atoms with Crippen LogP contribution < -0.4 is 10.1 Å². The lowest BCUT2D eigenvalue weighted by molar-refractivity contribution is -0.113. The first-order valence-electron chi connectivity index (χ1n) is 7.36. The molecular formula is C17H18ClNO4S. The Labute approximate surface area is 146 Å². The Morgan fingerprint density at radius 2 is 1.92 bits per heavy atom.